The summed E-state index contributed by atoms with van der Waals surface area (Å²) in [5.74, 6) is -2.61. The lowest BCUT2D eigenvalue weighted by Gasteiger charge is -2.32. The summed E-state index contributed by atoms with van der Waals surface area (Å²) < 4.78 is 37.2. The van der Waals surface area contributed by atoms with Gasteiger partial charge in [0.25, 0.3) is 0 Å². The number of nitrogens with one attached hydrogen (secondary N) is 1. The molecule has 25 heavy (non-hydrogen) atoms. The van der Waals surface area contributed by atoms with Gasteiger partial charge in [0, 0.05) is 19.0 Å². The third kappa shape index (κ3) is 5.45. The first-order valence-electron chi connectivity index (χ1n) is 8.12. The Morgan fingerprint density at radius 3 is 2.32 bits per heavy atom. The first-order chi connectivity index (χ1) is 11.8. The summed E-state index contributed by atoms with van der Waals surface area (Å²) in [6.07, 6.45) is -4.06. The second-order valence-corrected chi connectivity index (χ2v) is 6.14. The maximum atomic E-state index is 12.4. The molecule has 0 aliphatic carbocycles. The van der Waals surface area contributed by atoms with Crippen LogP contribution in [-0.4, -0.2) is 53.7 Å². The minimum atomic E-state index is -4.88. The van der Waals surface area contributed by atoms with Crippen LogP contribution in [-0.2, 0) is 16.0 Å². The van der Waals surface area contributed by atoms with Crippen LogP contribution in [0, 0.1) is 5.92 Å². The lowest BCUT2D eigenvalue weighted by atomic mass is 9.95. The van der Waals surface area contributed by atoms with Gasteiger partial charge in [-0.05, 0) is 24.8 Å². The molecular formula is C17H21F3N2O3. The fraction of sp³-hybridized carbons (Fsp3) is 0.529. The zero-order valence-electron chi connectivity index (χ0n) is 13.6. The Morgan fingerprint density at radius 1 is 1.20 bits per heavy atom. The molecular weight excluding hydrogens is 337 g/mol. The van der Waals surface area contributed by atoms with Crippen molar-refractivity contribution >= 4 is 11.8 Å². The molecule has 0 saturated carbocycles. The van der Waals surface area contributed by atoms with Crippen LogP contribution in [0.15, 0.2) is 30.3 Å². The third-order valence-electron chi connectivity index (χ3n) is 4.29. The standard InChI is InChI=1S/C17H21F3N2O3/c18-17(19,20)16(25)22-8-6-13(7-9-22)15(24)21-14(11-23)10-12-4-2-1-3-5-12/h1-5,13-14,23H,6-11H2,(H,21,24). The average molecular weight is 358 g/mol. The van der Waals surface area contributed by atoms with Gasteiger partial charge < -0.3 is 15.3 Å². The number of hydrogen-bond acceptors (Lipinski definition) is 3. The number of amides is 2. The van der Waals surface area contributed by atoms with Gasteiger partial charge in [-0.2, -0.15) is 13.2 Å². The number of piperidine rings is 1. The number of carbonyl (C=O) groups excluding carboxylic acids is 2. The maximum Gasteiger partial charge on any atom is 0.471 e. The summed E-state index contributed by atoms with van der Waals surface area (Å²) >= 11 is 0. The molecule has 0 spiro atoms. The Kier molecular flexibility index (Phi) is 6.41. The Bertz CT molecular complexity index is 585. The van der Waals surface area contributed by atoms with Crippen molar-refractivity contribution in [2.75, 3.05) is 19.7 Å². The molecule has 5 nitrogen and oxygen atoms in total. The number of hydrogen-bond donors (Lipinski definition) is 2. The average Bonchev–Trinajstić information content (AvgIpc) is 2.60. The fourth-order valence-corrected chi connectivity index (χ4v) is 2.90. The normalized spacial score (nSPS) is 17.2. The molecule has 2 rings (SSSR count). The highest BCUT2D eigenvalue weighted by molar-refractivity contribution is 5.83. The lowest BCUT2D eigenvalue weighted by Crippen LogP contribution is -2.49. The summed E-state index contributed by atoms with van der Waals surface area (Å²) in [7, 11) is 0. The molecule has 1 aliphatic rings. The van der Waals surface area contributed by atoms with E-state index in [0.29, 0.717) is 6.42 Å². The summed E-state index contributed by atoms with van der Waals surface area (Å²) in [5.41, 5.74) is 0.965. The number of carbonyl (C=O) groups is 2. The van der Waals surface area contributed by atoms with Gasteiger partial charge in [0.1, 0.15) is 0 Å². The predicted molar refractivity (Wildman–Crippen MR) is 84.5 cm³/mol. The van der Waals surface area contributed by atoms with Crippen LogP contribution in [0.1, 0.15) is 18.4 Å². The molecule has 0 aromatic heterocycles. The van der Waals surface area contributed by atoms with Crippen molar-refractivity contribution < 1.29 is 27.9 Å². The topological polar surface area (TPSA) is 69.6 Å². The highest BCUT2D eigenvalue weighted by atomic mass is 19.4. The molecule has 1 unspecified atom stereocenters. The number of aliphatic hydroxyl groups excluding tert-OH is 1. The number of halogens is 3. The number of benzene rings is 1. The second kappa shape index (κ2) is 8.33. The van der Waals surface area contributed by atoms with Gasteiger partial charge in [-0.25, -0.2) is 0 Å². The van der Waals surface area contributed by atoms with Crippen molar-refractivity contribution in [3.8, 4) is 0 Å². The minimum Gasteiger partial charge on any atom is -0.394 e. The van der Waals surface area contributed by atoms with Crippen molar-refractivity contribution in [2.45, 2.75) is 31.5 Å². The van der Waals surface area contributed by atoms with E-state index in [1.165, 1.54) is 0 Å². The summed E-state index contributed by atoms with van der Waals surface area (Å²) in [6, 6.07) is 8.90. The van der Waals surface area contributed by atoms with Gasteiger partial charge in [0.15, 0.2) is 0 Å². The molecule has 0 bridgehead atoms. The van der Waals surface area contributed by atoms with E-state index in [1.807, 2.05) is 30.3 Å². The number of alkyl halides is 3. The molecule has 8 heteroatoms. The first kappa shape index (κ1) is 19.2. The number of rotatable bonds is 5. The van der Waals surface area contributed by atoms with Gasteiger partial charge in [-0.1, -0.05) is 30.3 Å². The van der Waals surface area contributed by atoms with Crippen LogP contribution in [0.2, 0.25) is 0 Å². The minimum absolute atomic E-state index is 0.0983. The Labute approximate surface area is 143 Å². The van der Waals surface area contributed by atoms with Crippen LogP contribution >= 0.6 is 0 Å². The second-order valence-electron chi connectivity index (χ2n) is 6.14. The van der Waals surface area contributed by atoms with Crippen molar-refractivity contribution in [1.82, 2.24) is 10.2 Å². The summed E-state index contributed by atoms with van der Waals surface area (Å²) in [6.45, 7) is -0.427. The Hall–Kier alpha value is -2.09. The van der Waals surface area contributed by atoms with E-state index >= 15 is 0 Å². The van der Waals surface area contributed by atoms with Crippen LogP contribution < -0.4 is 5.32 Å². The number of likely N-dealkylation sites (tertiary alicyclic amines) is 1. The largest absolute Gasteiger partial charge is 0.471 e. The monoisotopic (exact) mass is 358 g/mol. The van der Waals surface area contributed by atoms with Crippen molar-refractivity contribution in [2.24, 2.45) is 5.92 Å². The van der Waals surface area contributed by atoms with E-state index in [-0.39, 0.29) is 38.4 Å². The van der Waals surface area contributed by atoms with Gasteiger partial charge in [0.2, 0.25) is 5.91 Å². The molecule has 0 radical (unpaired) electrons. The quantitative estimate of drug-likeness (QED) is 0.838. The van der Waals surface area contributed by atoms with Crippen molar-refractivity contribution in [3.05, 3.63) is 35.9 Å². The number of aliphatic hydroxyl groups is 1. The molecule has 1 atom stereocenters. The summed E-state index contributed by atoms with van der Waals surface area (Å²) in [4.78, 5) is 24.2. The van der Waals surface area contributed by atoms with Crippen molar-refractivity contribution in [1.29, 1.82) is 0 Å². The van der Waals surface area contributed by atoms with E-state index in [9.17, 15) is 27.9 Å². The zero-order chi connectivity index (χ0) is 18.4. The SMILES string of the molecule is O=C(NC(CO)Cc1ccccc1)C1CCN(C(=O)C(F)(F)F)CC1. The van der Waals surface area contributed by atoms with E-state index in [2.05, 4.69) is 5.32 Å². The van der Waals surface area contributed by atoms with Gasteiger partial charge >= 0.3 is 12.1 Å². The third-order valence-corrected chi connectivity index (χ3v) is 4.29. The molecule has 1 aromatic rings. The first-order valence-corrected chi connectivity index (χ1v) is 8.12. The van der Waals surface area contributed by atoms with E-state index in [4.69, 9.17) is 0 Å². The molecule has 1 aromatic carbocycles. The highest BCUT2D eigenvalue weighted by Gasteiger charge is 2.43. The molecule has 1 heterocycles. The zero-order valence-corrected chi connectivity index (χ0v) is 13.6. The number of nitrogens with zero attached hydrogens (tertiary/aromatic N) is 1. The molecule has 1 aliphatic heterocycles. The smallest absolute Gasteiger partial charge is 0.394 e. The van der Waals surface area contributed by atoms with E-state index in [1.54, 1.807) is 0 Å². The highest BCUT2D eigenvalue weighted by Crippen LogP contribution is 2.24. The van der Waals surface area contributed by atoms with E-state index in [0.717, 1.165) is 10.5 Å². The van der Waals surface area contributed by atoms with Crippen molar-refractivity contribution in [3.63, 3.8) is 0 Å². The lowest BCUT2D eigenvalue weighted by molar-refractivity contribution is -0.186. The molecule has 2 N–H and O–H groups in total. The Morgan fingerprint density at radius 2 is 1.80 bits per heavy atom. The molecule has 1 saturated heterocycles. The fourth-order valence-electron chi connectivity index (χ4n) is 2.90. The van der Waals surface area contributed by atoms with Crippen LogP contribution in [0.25, 0.3) is 0 Å². The molecule has 138 valence electrons. The van der Waals surface area contributed by atoms with Gasteiger partial charge in [-0.15, -0.1) is 0 Å². The van der Waals surface area contributed by atoms with Gasteiger partial charge in [0.05, 0.1) is 12.6 Å². The van der Waals surface area contributed by atoms with Gasteiger partial charge in [-0.3, -0.25) is 9.59 Å². The Balaban J connectivity index is 1.84. The molecule has 1 fully saturated rings. The van der Waals surface area contributed by atoms with Crippen LogP contribution in [0.4, 0.5) is 13.2 Å². The van der Waals surface area contributed by atoms with Crippen LogP contribution in [0.3, 0.4) is 0 Å². The van der Waals surface area contributed by atoms with Crippen LogP contribution in [0.5, 0.6) is 0 Å². The van der Waals surface area contributed by atoms with E-state index < -0.39 is 24.0 Å². The summed E-state index contributed by atoms with van der Waals surface area (Å²) in [5, 5.41) is 12.2. The predicted octanol–water partition coefficient (Wildman–Crippen LogP) is 1.51. The molecule has 2 amide bonds. The maximum absolute atomic E-state index is 12.4.